The van der Waals surface area contributed by atoms with E-state index in [9.17, 15) is 0 Å². The molecule has 3 heterocycles. The van der Waals surface area contributed by atoms with Gasteiger partial charge in [0.05, 0.1) is 15.7 Å². The molecular weight excluding hydrogens is 300 g/mol. The summed E-state index contributed by atoms with van der Waals surface area (Å²) in [5, 5.41) is 2.87. The van der Waals surface area contributed by atoms with Gasteiger partial charge in [0.1, 0.15) is 0 Å². The zero-order valence-electron chi connectivity index (χ0n) is 13.3. The van der Waals surface area contributed by atoms with Crippen LogP contribution in [0.1, 0.15) is 24.8 Å². The van der Waals surface area contributed by atoms with Gasteiger partial charge in [-0.25, -0.2) is 0 Å². The van der Waals surface area contributed by atoms with Gasteiger partial charge in [-0.05, 0) is 37.2 Å². The topological polar surface area (TPSA) is 7.65 Å². The van der Waals surface area contributed by atoms with E-state index in [1.807, 2.05) is 11.5 Å². The van der Waals surface area contributed by atoms with Gasteiger partial charge in [0.2, 0.25) is 0 Å². The molecule has 4 aromatic rings. The Balaban J connectivity index is 1.87. The summed E-state index contributed by atoms with van der Waals surface area (Å²) in [6.07, 6.45) is 1.28. The van der Waals surface area contributed by atoms with E-state index in [0.717, 1.165) is 6.54 Å². The first-order valence-corrected chi connectivity index (χ1v) is 9.27. The number of fused-ring (bicyclic) bond motifs is 5. The molecule has 1 atom stereocenters. The number of aromatic nitrogens is 1. The Morgan fingerprint density at radius 1 is 1.04 bits per heavy atom. The largest absolute Gasteiger partial charge is 0.303 e. The molecule has 1 unspecified atom stereocenters. The third-order valence-corrected chi connectivity index (χ3v) is 6.45. The third-order valence-electron chi connectivity index (χ3n) is 5.33. The standard InChI is InChI=1S/C20H20N2S/c1-2-21-12-11-14(13-21)19-15-7-3-5-9-17(15)22-20(19)16-8-4-6-10-18(16)23-22/h3-10,14H,2,11-13H2,1H3. The van der Waals surface area contributed by atoms with Gasteiger partial charge in [-0.1, -0.05) is 54.9 Å². The molecule has 0 N–H and O–H groups in total. The SMILES string of the molecule is CCN1CCC(c2c3ccccc3n3sc4ccccc4c23)C1. The monoisotopic (exact) mass is 320 g/mol. The summed E-state index contributed by atoms with van der Waals surface area (Å²) in [5.41, 5.74) is 4.40. The first kappa shape index (κ1) is 13.6. The summed E-state index contributed by atoms with van der Waals surface area (Å²) in [7, 11) is 0. The first-order chi connectivity index (χ1) is 11.4. The highest BCUT2D eigenvalue weighted by atomic mass is 32.1. The van der Waals surface area contributed by atoms with Crippen molar-refractivity contribution in [3.8, 4) is 0 Å². The summed E-state index contributed by atoms with van der Waals surface area (Å²) in [6, 6.07) is 17.8. The first-order valence-electron chi connectivity index (χ1n) is 8.50. The molecule has 0 spiro atoms. The van der Waals surface area contributed by atoms with Crippen molar-refractivity contribution >= 4 is 38.0 Å². The minimum Gasteiger partial charge on any atom is -0.303 e. The lowest BCUT2D eigenvalue weighted by atomic mass is 9.95. The van der Waals surface area contributed by atoms with Crippen LogP contribution < -0.4 is 0 Å². The number of hydrogen-bond acceptors (Lipinski definition) is 2. The van der Waals surface area contributed by atoms with E-state index in [4.69, 9.17) is 0 Å². The molecule has 2 nitrogen and oxygen atoms in total. The van der Waals surface area contributed by atoms with E-state index in [2.05, 4.69) is 64.1 Å². The fourth-order valence-corrected chi connectivity index (χ4v) is 5.34. The van der Waals surface area contributed by atoms with Crippen LogP contribution in [-0.4, -0.2) is 28.3 Å². The molecule has 116 valence electrons. The highest BCUT2D eigenvalue weighted by Gasteiger charge is 2.28. The van der Waals surface area contributed by atoms with E-state index < -0.39 is 0 Å². The number of hydrogen-bond donors (Lipinski definition) is 0. The second-order valence-electron chi connectivity index (χ2n) is 6.54. The maximum Gasteiger partial charge on any atom is 0.0695 e. The maximum absolute atomic E-state index is 2.58. The minimum atomic E-state index is 0.655. The van der Waals surface area contributed by atoms with E-state index in [-0.39, 0.29) is 0 Å². The summed E-state index contributed by atoms with van der Waals surface area (Å²) in [6.45, 7) is 5.87. The predicted octanol–water partition coefficient (Wildman–Crippen LogP) is 5.12. The lowest BCUT2D eigenvalue weighted by Crippen LogP contribution is -2.19. The number of rotatable bonds is 2. The molecule has 0 saturated carbocycles. The van der Waals surface area contributed by atoms with Crippen molar-refractivity contribution < 1.29 is 0 Å². The molecule has 1 saturated heterocycles. The molecule has 3 heteroatoms. The highest BCUT2D eigenvalue weighted by molar-refractivity contribution is 7.14. The third kappa shape index (κ3) is 1.90. The van der Waals surface area contributed by atoms with Gasteiger partial charge >= 0.3 is 0 Å². The van der Waals surface area contributed by atoms with E-state index in [1.54, 1.807) is 5.56 Å². The quantitative estimate of drug-likeness (QED) is 0.497. The normalized spacial score (nSPS) is 19.4. The molecule has 23 heavy (non-hydrogen) atoms. The van der Waals surface area contributed by atoms with Crippen molar-refractivity contribution in [2.75, 3.05) is 19.6 Å². The molecule has 2 aromatic carbocycles. The van der Waals surface area contributed by atoms with Crippen LogP contribution in [0.2, 0.25) is 0 Å². The van der Waals surface area contributed by atoms with Crippen LogP contribution in [0.25, 0.3) is 26.5 Å². The molecule has 0 aliphatic carbocycles. The molecule has 2 aromatic heterocycles. The van der Waals surface area contributed by atoms with Gasteiger partial charge in [0.25, 0.3) is 0 Å². The Labute approximate surface area is 140 Å². The predicted molar refractivity (Wildman–Crippen MR) is 99.8 cm³/mol. The van der Waals surface area contributed by atoms with Crippen molar-refractivity contribution in [2.45, 2.75) is 19.3 Å². The number of likely N-dealkylation sites (tertiary alicyclic amines) is 1. The molecule has 0 bridgehead atoms. The van der Waals surface area contributed by atoms with Crippen molar-refractivity contribution in [1.82, 2.24) is 8.69 Å². The zero-order chi connectivity index (χ0) is 15.4. The maximum atomic E-state index is 2.58. The molecule has 1 fully saturated rings. The Bertz CT molecular complexity index is 1000. The lowest BCUT2D eigenvalue weighted by Gasteiger charge is -2.13. The summed E-state index contributed by atoms with van der Waals surface area (Å²) in [4.78, 5) is 2.58. The zero-order valence-corrected chi connectivity index (χ0v) is 14.1. The van der Waals surface area contributed by atoms with Crippen molar-refractivity contribution in [3.05, 3.63) is 54.1 Å². The van der Waals surface area contributed by atoms with Crippen LogP contribution in [-0.2, 0) is 0 Å². The van der Waals surface area contributed by atoms with Crippen LogP contribution in [0.15, 0.2) is 48.5 Å². The minimum absolute atomic E-state index is 0.655. The van der Waals surface area contributed by atoms with E-state index in [1.165, 1.54) is 46.0 Å². The van der Waals surface area contributed by atoms with Crippen molar-refractivity contribution in [3.63, 3.8) is 0 Å². The van der Waals surface area contributed by atoms with Gasteiger partial charge in [-0.15, -0.1) is 0 Å². The van der Waals surface area contributed by atoms with Gasteiger partial charge in [-0.2, -0.15) is 0 Å². The molecule has 0 radical (unpaired) electrons. The Kier molecular flexibility index (Phi) is 3.00. The highest BCUT2D eigenvalue weighted by Crippen LogP contribution is 2.42. The average Bonchev–Trinajstić information content (AvgIpc) is 3.27. The number of benzene rings is 2. The number of likely N-dealkylation sites (N-methyl/N-ethyl adjacent to an activating group) is 1. The Hall–Kier alpha value is -1.84. The second kappa shape index (κ2) is 5.08. The summed E-state index contributed by atoms with van der Waals surface area (Å²) < 4.78 is 3.85. The molecule has 0 amide bonds. The van der Waals surface area contributed by atoms with Gasteiger partial charge in [-0.3, -0.25) is 3.79 Å². The Morgan fingerprint density at radius 2 is 1.83 bits per heavy atom. The number of para-hydroxylation sites is 1. The van der Waals surface area contributed by atoms with Crippen molar-refractivity contribution in [2.24, 2.45) is 0 Å². The smallest absolute Gasteiger partial charge is 0.0695 e. The van der Waals surface area contributed by atoms with Crippen LogP contribution in [0, 0.1) is 0 Å². The lowest BCUT2D eigenvalue weighted by molar-refractivity contribution is 0.354. The van der Waals surface area contributed by atoms with E-state index in [0.29, 0.717) is 5.92 Å². The van der Waals surface area contributed by atoms with Gasteiger partial charge in [0, 0.05) is 23.2 Å². The van der Waals surface area contributed by atoms with Crippen LogP contribution in [0.3, 0.4) is 0 Å². The fraction of sp³-hybridized carbons (Fsp3) is 0.300. The fourth-order valence-electron chi connectivity index (χ4n) is 4.19. The number of nitrogens with zero attached hydrogens (tertiary/aromatic N) is 2. The Morgan fingerprint density at radius 3 is 2.65 bits per heavy atom. The van der Waals surface area contributed by atoms with E-state index >= 15 is 0 Å². The average molecular weight is 320 g/mol. The summed E-state index contributed by atoms with van der Waals surface area (Å²) in [5.74, 6) is 0.655. The van der Waals surface area contributed by atoms with Crippen LogP contribution in [0.5, 0.6) is 0 Å². The molecule has 1 aliphatic rings. The molecule has 1 aliphatic heterocycles. The molecular formula is C20H20N2S. The van der Waals surface area contributed by atoms with Gasteiger partial charge in [0.15, 0.2) is 0 Å². The van der Waals surface area contributed by atoms with Crippen LogP contribution in [0.4, 0.5) is 0 Å². The van der Waals surface area contributed by atoms with Crippen LogP contribution >= 0.6 is 11.5 Å². The van der Waals surface area contributed by atoms with Crippen molar-refractivity contribution in [1.29, 1.82) is 0 Å². The second-order valence-corrected chi connectivity index (χ2v) is 7.53. The summed E-state index contributed by atoms with van der Waals surface area (Å²) >= 11 is 1.88. The molecule has 5 rings (SSSR count). The van der Waals surface area contributed by atoms with Gasteiger partial charge < -0.3 is 4.90 Å².